The van der Waals surface area contributed by atoms with Gasteiger partial charge in [-0.3, -0.25) is 10.2 Å². The maximum absolute atomic E-state index is 11.2. The van der Waals surface area contributed by atoms with Crippen molar-refractivity contribution in [3.8, 4) is 0 Å². The maximum Gasteiger partial charge on any atom is 0.423 e. The summed E-state index contributed by atoms with van der Waals surface area (Å²) in [5, 5.41) is 8.23. The molecule has 1 aromatic carbocycles. The predicted molar refractivity (Wildman–Crippen MR) is 52.8 cm³/mol. The lowest BCUT2D eigenvalue weighted by Crippen LogP contribution is -2.40. The van der Waals surface area contributed by atoms with E-state index in [4.69, 9.17) is 5.11 Å². The van der Waals surface area contributed by atoms with Crippen LogP contribution in [-0.4, -0.2) is 17.1 Å². The Morgan fingerprint density at radius 1 is 1.29 bits per heavy atom. The summed E-state index contributed by atoms with van der Waals surface area (Å²) in [6.07, 6.45) is -1.31. The average molecular weight is 259 g/mol. The zero-order chi connectivity index (χ0) is 10.6. The molecule has 0 unspecified atom stereocenters. The van der Waals surface area contributed by atoms with E-state index >= 15 is 0 Å². The van der Waals surface area contributed by atoms with Crippen LogP contribution in [0.2, 0.25) is 0 Å². The third-order valence-electron chi connectivity index (χ3n) is 1.37. The van der Waals surface area contributed by atoms with E-state index in [0.717, 1.165) is 4.47 Å². The quantitative estimate of drug-likeness (QED) is 0.666. The van der Waals surface area contributed by atoms with E-state index in [1.807, 2.05) is 5.43 Å². The molecule has 0 atom stereocenters. The lowest BCUT2D eigenvalue weighted by Gasteiger charge is -2.03. The Bertz CT molecular complexity index is 367. The molecule has 0 aliphatic carbocycles. The number of halogens is 1. The summed E-state index contributed by atoms with van der Waals surface area (Å²) in [7, 11) is 0. The first-order chi connectivity index (χ1) is 6.59. The smallest absolute Gasteiger partial charge is 0.423 e. The van der Waals surface area contributed by atoms with Crippen LogP contribution in [0.1, 0.15) is 10.4 Å². The number of benzene rings is 1. The van der Waals surface area contributed by atoms with Gasteiger partial charge in [0.05, 0.1) is 0 Å². The summed E-state index contributed by atoms with van der Waals surface area (Å²) in [5.41, 5.74) is 4.15. The van der Waals surface area contributed by atoms with Crippen LogP contribution in [0, 0.1) is 0 Å². The molecule has 0 aliphatic heterocycles. The van der Waals surface area contributed by atoms with Gasteiger partial charge in [-0.05, 0) is 18.2 Å². The van der Waals surface area contributed by atoms with Gasteiger partial charge < -0.3 is 5.11 Å². The summed E-state index contributed by atoms with van der Waals surface area (Å²) in [6.45, 7) is 0. The van der Waals surface area contributed by atoms with Crippen LogP contribution in [0.5, 0.6) is 0 Å². The molecule has 0 fully saturated rings. The summed E-state index contributed by atoms with van der Waals surface area (Å²) in [5.74, 6) is -0.506. The van der Waals surface area contributed by atoms with Gasteiger partial charge in [-0.15, -0.1) is 0 Å². The number of hydrogen-bond donors (Lipinski definition) is 3. The SMILES string of the molecule is O=C(O)NNC(=O)c1cccc(Br)c1. The molecule has 0 radical (unpaired) electrons. The summed E-state index contributed by atoms with van der Waals surface area (Å²) >= 11 is 3.19. The molecule has 74 valence electrons. The minimum Gasteiger partial charge on any atom is -0.464 e. The summed E-state index contributed by atoms with van der Waals surface area (Å²) in [6, 6.07) is 6.60. The monoisotopic (exact) mass is 258 g/mol. The molecule has 0 aromatic heterocycles. The van der Waals surface area contributed by atoms with Crippen molar-refractivity contribution in [3.63, 3.8) is 0 Å². The second-order valence-electron chi connectivity index (χ2n) is 2.39. The highest BCUT2D eigenvalue weighted by atomic mass is 79.9. The van der Waals surface area contributed by atoms with Crippen LogP contribution >= 0.6 is 15.9 Å². The Kier molecular flexibility index (Phi) is 3.47. The molecule has 3 N–H and O–H groups in total. The minimum absolute atomic E-state index is 0.369. The number of carbonyl (C=O) groups is 2. The molecule has 0 saturated carbocycles. The molecule has 2 amide bonds. The van der Waals surface area contributed by atoms with E-state index in [2.05, 4.69) is 15.9 Å². The van der Waals surface area contributed by atoms with Crippen molar-refractivity contribution >= 4 is 27.9 Å². The van der Waals surface area contributed by atoms with Gasteiger partial charge in [-0.1, -0.05) is 22.0 Å². The molecule has 0 saturated heterocycles. The van der Waals surface area contributed by atoms with Gasteiger partial charge in [-0.2, -0.15) is 0 Å². The van der Waals surface area contributed by atoms with Crippen molar-refractivity contribution in [1.29, 1.82) is 0 Å². The normalized spacial score (nSPS) is 9.21. The number of amides is 2. The topological polar surface area (TPSA) is 78.4 Å². The van der Waals surface area contributed by atoms with E-state index in [0.29, 0.717) is 5.56 Å². The van der Waals surface area contributed by atoms with Crippen molar-refractivity contribution < 1.29 is 14.7 Å². The Balaban J connectivity index is 2.65. The molecule has 1 rings (SSSR count). The van der Waals surface area contributed by atoms with Crippen LogP contribution in [0.25, 0.3) is 0 Å². The summed E-state index contributed by atoms with van der Waals surface area (Å²) in [4.78, 5) is 21.3. The zero-order valence-electron chi connectivity index (χ0n) is 6.95. The van der Waals surface area contributed by atoms with Crippen LogP contribution in [-0.2, 0) is 0 Å². The average Bonchev–Trinajstić information content (AvgIpc) is 2.14. The maximum atomic E-state index is 11.2. The largest absolute Gasteiger partial charge is 0.464 e. The number of carbonyl (C=O) groups excluding carboxylic acids is 1. The van der Waals surface area contributed by atoms with Gasteiger partial charge in [0.15, 0.2) is 0 Å². The highest BCUT2D eigenvalue weighted by molar-refractivity contribution is 9.10. The van der Waals surface area contributed by atoms with E-state index in [9.17, 15) is 9.59 Å². The molecule has 6 heteroatoms. The lowest BCUT2D eigenvalue weighted by atomic mass is 10.2. The Morgan fingerprint density at radius 3 is 2.57 bits per heavy atom. The first-order valence-corrected chi connectivity index (χ1v) is 4.44. The number of hydrogen-bond acceptors (Lipinski definition) is 2. The minimum atomic E-state index is -1.31. The Morgan fingerprint density at radius 2 is 2.00 bits per heavy atom. The second-order valence-corrected chi connectivity index (χ2v) is 3.31. The third kappa shape index (κ3) is 3.06. The molecule has 0 heterocycles. The van der Waals surface area contributed by atoms with Gasteiger partial charge in [0.1, 0.15) is 0 Å². The zero-order valence-corrected chi connectivity index (χ0v) is 8.54. The fourth-order valence-corrected chi connectivity index (χ4v) is 1.21. The molecule has 0 spiro atoms. The molecule has 14 heavy (non-hydrogen) atoms. The predicted octanol–water partition coefficient (Wildman–Crippen LogP) is 1.36. The van der Waals surface area contributed by atoms with E-state index in [1.54, 1.807) is 29.7 Å². The van der Waals surface area contributed by atoms with Crippen molar-refractivity contribution in [2.45, 2.75) is 0 Å². The van der Waals surface area contributed by atoms with Gasteiger partial charge in [-0.25, -0.2) is 10.2 Å². The molecule has 0 bridgehead atoms. The van der Waals surface area contributed by atoms with Crippen LogP contribution in [0.15, 0.2) is 28.7 Å². The Hall–Kier alpha value is -1.56. The Labute approximate surface area is 88.2 Å². The lowest BCUT2D eigenvalue weighted by molar-refractivity contribution is 0.0926. The first kappa shape index (κ1) is 10.5. The van der Waals surface area contributed by atoms with Gasteiger partial charge >= 0.3 is 6.09 Å². The fraction of sp³-hybridized carbons (Fsp3) is 0. The molecule has 5 nitrogen and oxygen atoms in total. The van der Waals surface area contributed by atoms with Gasteiger partial charge in [0.2, 0.25) is 0 Å². The standard InChI is InChI=1S/C8H7BrN2O3/c9-6-3-1-2-5(4-6)7(12)10-11-8(13)14/h1-4,11H,(H,10,12)(H,13,14). The first-order valence-electron chi connectivity index (χ1n) is 3.64. The number of nitrogens with one attached hydrogen (secondary N) is 2. The van der Waals surface area contributed by atoms with Gasteiger partial charge in [0.25, 0.3) is 5.91 Å². The third-order valence-corrected chi connectivity index (χ3v) is 1.86. The highest BCUT2D eigenvalue weighted by Crippen LogP contribution is 2.10. The van der Waals surface area contributed by atoms with Crippen molar-refractivity contribution in [1.82, 2.24) is 10.9 Å². The number of hydrazine groups is 1. The highest BCUT2D eigenvalue weighted by Gasteiger charge is 2.05. The van der Waals surface area contributed by atoms with Crippen LogP contribution < -0.4 is 10.9 Å². The van der Waals surface area contributed by atoms with Crippen molar-refractivity contribution in [2.24, 2.45) is 0 Å². The van der Waals surface area contributed by atoms with Crippen molar-refractivity contribution in [3.05, 3.63) is 34.3 Å². The fourth-order valence-electron chi connectivity index (χ4n) is 0.812. The van der Waals surface area contributed by atoms with Crippen LogP contribution in [0.4, 0.5) is 4.79 Å². The van der Waals surface area contributed by atoms with E-state index in [1.165, 1.54) is 0 Å². The van der Waals surface area contributed by atoms with E-state index in [-0.39, 0.29) is 0 Å². The molecule has 1 aromatic rings. The number of carboxylic acid groups (broad SMARTS) is 1. The number of rotatable bonds is 1. The van der Waals surface area contributed by atoms with Gasteiger partial charge in [0, 0.05) is 10.0 Å². The summed E-state index contributed by atoms with van der Waals surface area (Å²) < 4.78 is 0.750. The molecule has 0 aliphatic rings. The van der Waals surface area contributed by atoms with E-state index < -0.39 is 12.0 Å². The second kappa shape index (κ2) is 4.61. The van der Waals surface area contributed by atoms with Crippen molar-refractivity contribution in [2.75, 3.05) is 0 Å². The van der Waals surface area contributed by atoms with Crippen LogP contribution in [0.3, 0.4) is 0 Å². The molecular weight excluding hydrogens is 252 g/mol. The molecular formula is C8H7BrN2O3.